The third-order valence-electron chi connectivity index (χ3n) is 3.78. The standard InChI is InChI=1S/C13H24BNO3/c1-2-3-4-12(13(17)18-14)6-8-15-7-5-11(9-15)10-16/h11-12,16H,2-10H2,1H3/t11-,12?/m1/s1. The second-order valence-electron chi connectivity index (χ2n) is 5.20. The maximum absolute atomic E-state index is 11.5. The van der Waals surface area contributed by atoms with Crippen molar-refractivity contribution in [3.63, 3.8) is 0 Å². The molecule has 0 aromatic rings. The van der Waals surface area contributed by atoms with Crippen LogP contribution in [0.25, 0.3) is 0 Å². The Morgan fingerprint density at radius 2 is 2.33 bits per heavy atom. The smallest absolute Gasteiger partial charge is 0.378 e. The van der Waals surface area contributed by atoms with Gasteiger partial charge in [0.15, 0.2) is 0 Å². The van der Waals surface area contributed by atoms with Crippen LogP contribution in [0.15, 0.2) is 0 Å². The molecular weight excluding hydrogens is 229 g/mol. The second-order valence-corrected chi connectivity index (χ2v) is 5.20. The first-order valence-corrected chi connectivity index (χ1v) is 6.95. The molecule has 1 aliphatic heterocycles. The summed E-state index contributed by atoms with van der Waals surface area (Å²) in [5.41, 5.74) is 0. The topological polar surface area (TPSA) is 49.8 Å². The van der Waals surface area contributed by atoms with Gasteiger partial charge >= 0.3 is 8.05 Å². The van der Waals surface area contributed by atoms with Crippen molar-refractivity contribution in [1.29, 1.82) is 0 Å². The number of rotatable bonds is 8. The van der Waals surface area contributed by atoms with Crippen LogP contribution in [0, 0.1) is 11.8 Å². The number of carbonyl (C=O) groups excluding carboxylic acids is 1. The molecule has 1 heterocycles. The molecule has 2 atom stereocenters. The number of carbonyl (C=O) groups is 1. The fourth-order valence-corrected chi connectivity index (χ4v) is 2.53. The molecule has 1 unspecified atom stereocenters. The summed E-state index contributed by atoms with van der Waals surface area (Å²) < 4.78 is 4.37. The highest BCUT2D eigenvalue weighted by atomic mass is 16.5. The average Bonchev–Trinajstić information content (AvgIpc) is 2.86. The minimum atomic E-state index is -0.290. The predicted octanol–water partition coefficient (Wildman–Crippen LogP) is 1.12. The quantitative estimate of drug-likeness (QED) is 0.659. The summed E-state index contributed by atoms with van der Waals surface area (Å²) in [6.45, 7) is 5.22. The maximum atomic E-state index is 11.5. The summed E-state index contributed by atoms with van der Waals surface area (Å²) in [5, 5.41) is 9.09. The summed E-state index contributed by atoms with van der Waals surface area (Å²) in [5.74, 6) is 0.0324. The SMILES string of the molecule is [B]OC(=O)C(CCCC)CCN1CC[C@@H](CO)C1. The molecule has 1 aliphatic rings. The van der Waals surface area contributed by atoms with Crippen LogP contribution in [-0.2, 0) is 9.45 Å². The first-order chi connectivity index (χ1) is 8.71. The molecule has 0 aromatic carbocycles. The fraction of sp³-hybridized carbons (Fsp3) is 0.923. The van der Waals surface area contributed by atoms with Gasteiger partial charge in [0, 0.05) is 13.2 Å². The zero-order chi connectivity index (χ0) is 13.4. The summed E-state index contributed by atoms with van der Waals surface area (Å²) >= 11 is 0. The van der Waals surface area contributed by atoms with Gasteiger partial charge in [0.2, 0.25) is 0 Å². The first kappa shape index (κ1) is 15.5. The first-order valence-electron chi connectivity index (χ1n) is 6.95. The molecule has 0 aliphatic carbocycles. The Kier molecular flexibility index (Phi) is 7.36. The Morgan fingerprint density at radius 1 is 1.56 bits per heavy atom. The highest BCUT2D eigenvalue weighted by molar-refractivity contribution is 6.05. The van der Waals surface area contributed by atoms with Crippen LogP contribution in [0.1, 0.15) is 39.0 Å². The van der Waals surface area contributed by atoms with E-state index in [1.807, 2.05) is 0 Å². The number of aliphatic hydroxyl groups excluding tert-OH is 1. The predicted molar refractivity (Wildman–Crippen MR) is 71.1 cm³/mol. The number of nitrogens with zero attached hydrogens (tertiary/aromatic N) is 1. The normalized spacial score (nSPS) is 22.0. The monoisotopic (exact) mass is 253 g/mol. The van der Waals surface area contributed by atoms with E-state index in [9.17, 15) is 4.79 Å². The Hall–Kier alpha value is -0.545. The molecule has 0 spiro atoms. The van der Waals surface area contributed by atoms with E-state index in [4.69, 9.17) is 13.2 Å². The largest absolute Gasteiger partial charge is 0.543 e. The van der Waals surface area contributed by atoms with Crippen molar-refractivity contribution < 1.29 is 14.6 Å². The van der Waals surface area contributed by atoms with E-state index >= 15 is 0 Å². The molecule has 0 amide bonds. The van der Waals surface area contributed by atoms with Gasteiger partial charge < -0.3 is 14.7 Å². The van der Waals surface area contributed by atoms with Gasteiger partial charge in [-0.2, -0.15) is 0 Å². The highest BCUT2D eigenvalue weighted by Crippen LogP contribution is 2.19. The van der Waals surface area contributed by atoms with Crippen LogP contribution < -0.4 is 0 Å². The summed E-state index contributed by atoms with van der Waals surface area (Å²) in [4.78, 5) is 13.8. The van der Waals surface area contributed by atoms with Gasteiger partial charge in [0.25, 0.3) is 5.97 Å². The molecule has 1 saturated heterocycles. The lowest BCUT2D eigenvalue weighted by Crippen LogP contribution is -2.27. The van der Waals surface area contributed by atoms with Crippen molar-refractivity contribution in [1.82, 2.24) is 4.90 Å². The average molecular weight is 253 g/mol. The number of hydrogen-bond donors (Lipinski definition) is 1. The Bertz CT molecular complexity index is 250. The molecule has 4 nitrogen and oxygen atoms in total. The Balaban J connectivity index is 2.30. The van der Waals surface area contributed by atoms with Crippen molar-refractivity contribution in [2.75, 3.05) is 26.2 Å². The Labute approximate surface area is 111 Å². The summed E-state index contributed by atoms with van der Waals surface area (Å²) in [6, 6.07) is 0. The molecule has 18 heavy (non-hydrogen) atoms. The lowest BCUT2D eigenvalue weighted by Gasteiger charge is -2.20. The fourth-order valence-electron chi connectivity index (χ4n) is 2.53. The molecule has 0 bridgehead atoms. The molecule has 0 aromatic heterocycles. The lowest BCUT2D eigenvalue weighted by molar-refractivity contribution is -0.139. The van der Waals surface area contributed by atoms with E-state index in [0.29, 0.717) is 5.92 Å². The van der Waals surface area contributed by atoms with E-state index in [2.05, 4.69) is 16.5 Å². The summed E-state index contributed by atoms with van der Waals surface area (Å²) in [7, 11) is 4.98. The molecule has 1 rings (SSSR count). The zero-order valence-electron chi connectivity index (χ0n) is 11.3. The van der Waals surface area contributed by atoms with Gasteiger partial charge in [-0.1, -0.05) is 19.8 Å². The maximum Gasteiger partial charge on any atom is 0.378 e. The van der Waals surface area contributed by atoms with Crippen LogP contribution in [0.3, 0.4) is 0 Å². The van der Waals surface area contributed by atoms with Crippen molar-refractivity contribution in [3.05, 3.63) is 0 Å². The highest BCUT2D eigenvalue weighted by Gasteiger charge is 2.24. The molecule has 0 saturated carbocycles. The van der Waals surface area contributed by atoms with Crippen LogP contribution in [0.5, 0.6) is 0 Å². The lowest BCUT2D eigenvalue weighted by atomic mass is 9.98. The van der Waals surface area contributed by atoms with Crippen molar-refractivity contribution >= 4 is 14.0 Å². The Morgan fingerprint density at radius 3 is 2.89 bits per heavy atom. The third-order valence-corrected chi connectivity index (χ3v) is 3.78. The molecule has 2 radical (unpaired) electrons. The third kappa shape index (κ3) is 4.98. The molecule has 5 heteroatoms. The van der Waals surface area contributed by atoms with Gasteiger partial charge in [0.1, 0.15) is 0 Å². The van der Waals surface area contributed by atoms with Crippen molar-refractivity contribution in [2.24, 2.45) is 11.8 Å². The number of hydrogen-bond acceptors (Lipinski definition) is 4. The van der Waals surface area contributed by atoms with E-state index < -0.39 is 0 Å². The van der Waals surface area contributed by atoms with Crippen LogP contribution >= 0.6 is 0 Å². The van der Waals surface area contributed by atoms with Crippen LogP contribution in [0.4, 0.5) is 0 Å². The number of aliphatic hydroxyl groups is 1. The minimum absolute atomic E-state index is 0.0804. The zero-order valence-corrected chi connectivity index (χ0v) is 11.3. The van der Waals surface area contributed by atoms with Gasteiger partial charge in [-0.25, -0.2) is 0 Å². The van der Waals surface area contributed by atoms with Crippen LogP contribution in [0.2, 0.25) is 0 Å². The van der Waals surface area contributed by atoms with Gasteiger partial charge in [-0.3, -0.25) is 4.79 Å². The molecule has 102 valence electrons. The van der Waals surface area contributed by atoms with E-state index in [0.717, 1.165) is 51.7 Å². The van der Waals surface area contributed by atoms with Crippen LogP contribution in [-0.4, -0.2) is 50.3 Å². The number of likely N-dealkylation sites (tertiary alicyclic amines) is 1. The van der Waals surface area contributed by atoms with E-state index in [1.54, 1.807) is 0 Å². The number of unbranched alkanes of at least 4 members (excludes halogenated alkanes) is 1. The molecular formula is C13H24BNO3. The van der Waals surface area contributed by atoms with Gasteiger partial charge in [0.05, 0.1) is 5.92 Å². The van der Waals surface area contributed by atoms with Crippen molar-refractivity contribution in [3.8, 4) is 0 Å². The molecule has 1 fully saturated rings. The van der Waals surface area contributed by atoms with E-state index in [-0.39, 0.29) is 18.5 Å². The van der Waals surface area contributed by atoms with E-state index in [1.165, 1.54) is 0 Å². The molecule has 1 N–H and O–H groups in total. The second kappa shape index (κ2) is 8.54. The van der Waals surface area contributed by atoms with Gasteiger partial charge in [-0.05, 0) is 38.3 Å². The van der Waals surface area contributed by atoms with Crippen molar-refractivity contribution in [2.45, 2.75) is 39.0 Å². The van der Waals surface area contributed by atoms with Gasteiger partial charge in [-0.15, -0.1) is 0 Å². The minimum Gasteiger partial charge on any atom is -0.543 e. The summed E-state index contributed by atoms with van der Waals surface area (Å²) in [6.07, 6.45) is 4.80.